The van der Waals surface area contributed by atoms with Crippen LogP contribution in [0.5, 0.6) is 0 Å². The third kappa shape index (κ3) is 4.67. The number of rotatable bonds is 3. The van der Waals surface area contributed by atoms with Gasteiger partial charge in [-0.15, -0.1) is 5.92 Å². The van der Waals surface area contributed by atoms with Crippen LogP contribution >= 0.6 is 0 Å². The van der Waals surface area contributed by atoms with Gasteiger partial charge in [-0.05, 0) is 31.7 Å². The van der Waals surface area contributed by atoms with E-state index in [9.17, 15) is 0 Å². The minimum atomic E-state index is 0.876. The van der Waals surface area contributed by atoms with Crippen molar-refractivity contribution >= 4 is 0 Å². The maximum absolute atomic E-state index is 3.29. The second-order valence-corrected chi connectivity index (χ2v) is 4.44. The van der Waals surface area contributed by atoms with Crippen LogP contribution in [0.1, 0.15) is 46.0 Å². The fourth-order valence-corrected chi connectivity index (χ4v) is 1.95. The quantitative estimate of drug-likeness (QED) is 0.492. The number of unbranched alkanes of at least 4 members (excludes halogenated alkanes) is 2. The van der Waals surface area contributed by atoms with E-state index in [4.69, 9.17) is 0 Å². The molecule has 1 fully saturated rings. The molecule has 1 saturated heterocycles. The zero-order valence-corrected chi connectivity index (χ0v) is 9.68. The molecule has 0 N–H and O–H groups in total. The summed E-state index contributed by atoms with van der Waals surface area (Å²) in [7, 11) is 0. The Balaban J connectivity index is 2.12. The van der Waals surface area contributed by atoms with Gasteiger partial charge in [-0.25, -0.2) is 0 Å². The highest BCUT2D eigenvalue weighted by atomic mass is 15.1. The lowest BCUT2D eigenvalue weighted by molar-refractivity contribution is 0.204. The van der Waals surface area contributed by atoms with Crippen molar-refractivity contribution in [3.8, 4) is 11.8 Å². The Kier molecular flexibility index (Phi) is 5.71. The predicted molar refractivity (Wildman–Crippen MR) is 62.1 cm³/mol. The lowest BCUT2D eigenvalue weighted by Crippen LogP contribution is -2.34. The lowest BCUT2D eigenvalue weighted by atomic mass is 10.0. The molecule has 1 heterocycles. The fraction of sp³-hybridized carbons (Fsp3) is 0.846. The van der Waals surface area contributed by atoms with Crippen molar-refractivity contribution < 1.29 is 0 Å². The third-order valence-electron chi connectivity index (χ3n) is 2.82. The largest absolute Gasteiger partial charge is 0.292 e. The van der Waals surface area contributed by atoms with E-state index in [-0.39, 0.29) is 0 Å². The molecule has 1 aliphatic heterocycles. The van der Waals surface area contributed by atoms with E-state index in [0.29, 0.717) is 0 Å². The SMILES string of the molecule is CCCCC#CCN1CCCC(C)C1. The van der Waals surface area contributed by atoms with E-state index in [1.807, 2.05) is 0 Å². The minimum absolute atomic E-state index is 0.876. The van der Waals surface area contributed by atoms with Gasteiger partial charge in [-0.3, -0.25) is 4.90 Å². The molecule has 80 valence electrons. The fourth-order valence-electron chi connectivity index (χ4n) is 1.95. The Morgan fingerprint density at radius 3 is 2.93 bits per heavy atom. The molecular weight excluding hydrogens is 170 g/mol. The highest BCUT2D eigenvalue weighted by Gasteiger charge is 2.14. The summed E-state index contributed by atoms with van der Waals surface area (Å²) in [5.74, 6) is 7.42. The first kappa shape index (κ1) is 11.6. The molecule has 0 saturated carbocycles. The topological polar surface area (TPSA) is 3.24 Å². The average molecular weight is 193 g/mol. The van der Waals surface area contributed by atoms with Gasteiger partial charge in [-0.2, -0.15) is 0 Å². The van der Waals surface area contributed by atoms with Crippen LogP contribution in [0.3, 0.4) is 0 Å². The summed E-state index contributed by atoms with van der Waals surface area (Å²) >= 11 is 0. The highest BCUT2D eigenvalue weighted by molar-refractivity contribution is 5.01. The first-order chi connectivity index (χ1) is 6.83. The van der Waals surface area contributed by atoms with Crippen molar-refractivity contribution in [1.29, 1.82) is 0 Å². The van der Waals surface area contributed by atoms with Crippen LogP contribution in [-0.2, 0) is 0 Å². The van der Waals surface area contributed by atoms with E-state index < -0.39 is 0 Å². The van der Waals surface area contributed by atoms with Crippen LogP contribution in [0.4, 0.5) is 0 Å². The van der Waals surface area contributed by atoms with Crippen LogP contribution in [0, 0.1) is 17.8 Å². The molecule has 0 aliphatic carbocycles. The molecule has 1 unspecified atom stereocenters. The molecule has 0 radical (unpaired) electrons. The van der Waals surface area contributed by atoms with E-state index >= 15 is 0 Å². The Hall–Kier alpha value is -0.480. The van der Waals surface area contributed by atoms with Gasteiger partial charge in [0.25, 0.3) is 0 Å². The number of likely N-dealkylation sites (tertiary alicyclic amines) is 1. The maximum atomic E-state index is 3.29. The molecule has 0 amide bonds. The first-order valence-corrected chi connectivity index (χ1v) is 6.01. The monoisotopic (exact) mass is 193 g/mol. The minimum Gasteiger partial charge on any atom is -0.292 e. The summed E-state index contributed by atoms with van der Waals surface area (Å²) in [6.45, 7) is 8.06. The summed E-state index contributed by atoms with van der Waals surface area (Å²) in [6.07, 6.45) is 6.36. The van der Waals surface area contributed by atoms with Crippen molar-refractivity contribution in [3.63, 3.8) is 0 Å². The lowest BCUT2D eigenvalue weighted by Gasteiger charge is -2.28. The number of hydrogen-bond donors (Lipinski definition) is 0. The van der Waals surface area contributed by atoms with Gasteiger partial charge in [0.15, 0.2) is 0 Å². The van der Waals surface area contributed by atoms with E-state index in [1.54, 1.807) is 0 Å². The van der Waals surface area contributed by atoms with Crippen molar-refractivity contribution in [2.24, 2.45) is 5.92 Å². The normalized spacial score (nSPS) is 22.9. The van der Waals surface area contributed by atoms with Gasteiger partial charge in [0.1, 0.15) is 0 Å². The number of nitrogens with zero attached hydrogens (tertiary/aromatic N) is 1. The van der Waals surface area contributed by atoms with E-state index in [0.717, 1.165) is 18.9 Å². The van der Waals surface area contributed by atoms with Crippen LogP contribution in [0.15, 0.2) is 0 Å². The molecule has 0 aromatic rings. The molecule has 0 spiro atoms. The second kappa shape index (κ2) is 6.90. The molecule has 0 aromatic heterocycles. The first-order valence-electron chi connectivity index (χ1n) is 6.01. The van der Waals surface area contributed by atoms with Crippen LogP contribution in [0.25, 0.3) is 0 Å². The van der Waals surface area contributed by atoms with Gasteiger partial charge in [0.2, 0.25) is 0 Å². The van der Waals surface area contributed by atoms with Gasteiger partial charge in [0, 0.05) is 13.0 Å². The van der Waals surface area contributed by atoms with Crippen LogP contribution in [0.2, 0.25) is 0 Å². The van der Waals surface area contributed by atoms with Crippen LogP contribution < -0.4 is 0 Å². The number of hydrogen-bond acceptors (Lipinski definition) is 1. The molecule has 1 heteroatoms. The molecule has 14 heavy (non-hydrogen) atoms. The van der Waals surface area contributed by atoms with Gasteiger partial charge in [-0.1, -0.05) is 26.2 Å². The summed E-state index contributed by atoms with van der Waals surface area (Å²) in [4.78, 5) is 2.49. The Morgan fingerprint density at radius 1 is 1.36 bits per heavy atom. The molecule has 1 rings (SSSR count). The summed E-state index contributed by atoms with van der Waals surface area (Å²) in [5, 5.41) is 0. The van der Waals surface area contributed by atoms with Gasteiger partial charge >= 0.3 is 0 Å². The summed E-state index contributed by atoms with van der Waals surface area (Å²) in [6, 6.07) is 0. The molecule has 0 aromatic carbocycles. The Labute approximate surface area is 88.9 Å². The maximum Gasteiger partial charge on any atom is 0.0601 e. The van der Waals surface area contributed by atoms with Crippen molar-refractivity contribution in [2.75, 3.05) is 19.6 Å². The zero-order chi connectivity index (χ0) is 10.2. The molecule has 0 bridgehead atoms. The van der Waals surface area contributed by atoms with Gasteiger partial charge in [0.05, 0.1) is 6.54 Å². The highest BCUT2D eigenvalue weighted by Crippen LogP contribution is 2.14. The standard InChI is InChI=1S/C13H23N/c1-3-4-5-6-7-10-14-11-8-9-13(2)12-14/h13H,3-5,8-12H2,1-2H3. The zero-order valence-electron chi connectivity index (χ0n) is 9.68. The van der Waals surface area contributed by atoms with Crippen molar-refractivity contribution in [2.45, 2.75) is 46.0 Å². The Morgan fingerprint density at radius 2 is 2.21 bits per heavy atom. The van der Waals surface area contributed by atoms with Crippen LogP contribution in [-0.4, -0.2) is 24.5 Å². The molecule has 1 aliphatic rings. The number of piperidine rings is 1. The smallest absolute Gasteiger partial charge is 0.0601 e. The second-order valence-electron chi connectivity index (χ2n) is 4.44. The molecule has 1 nitrogen and oxygen atoms in total. The van der Waals surface area contributed by atoms with E-state index in [1.165, 1.54) is 38.8 Å². The molecule has 1 atom stereocenters. The van der Waals surface area contributed by atoms with Crippen molar-refractivity contribution in [3.05, 3.63) is 0 Å². The predicted octanol–water partition coefficient (Wildman–Crippen LogP) is 2.91. The van der Waals surface area contributed by atoms with Gasteiger partial charge < -0.3 is 0 Å². The Bertz CT molecular complexity index is 199. The summed E-state index contributed by atoms with van der Waals surface area (Å²) in [5.41, 5.74) is 0. The summed E-state index contributed by atoms with van der Waals surface area (Å²) < 4.78 is 0. The molecular formula is C13H23N. The average Bonchev–Trinajstić information content (AvgIpc) is 2.18. The third-order valence-corrected chi connectivity index (χ3v) is 2.82. The van der Waals surface area contributed by atoms with E-state index in [2.05, 4.69) is 30.6 Å². The van der Waals surface area contributed by atoms with Crippen molar-refractivity contribution in [1.82, 2.24) is 4.90 Å².